The average Bonchev–Trinajstić information content (AvgIpc) is 2.88. The standard InChI is InChI=1S/C25H22ClIN4O6/c1-35-19-8-6-17(7-9-19)30-24(33)25(34)31-28-13-15-10-20(27)23(21(11-15)36-2)37-14-22(32)29-18-5-3-4-16(26)12-18/h3-13H,14H2,1-2H3,(H,29,32)(H,30,33)(H,31,34)/b28-13-. The minimum atomic E-state index is -0.945. The number of nitrogens with one attached hydrogen (secondary N) is 3. The fourth-order valence-corrected chi connectivity index (χ4v) is 3.91. The maximum absolute atomic E-state index is 12.3. The minimum Gasteiger partial charge on any atom is -0.497 e. The number of rotatable bonds is 9. The molecule has 0 saturated heterocycles. The highest BCUT2D eigenvalue weighted by molar-refractivity contribution is 14.1. The summed E-state index contributed by atoms with van der Waals surface area (Å²) in [5, 5.41) is 9.49. The van der Waals surface area contributed by atoms with Crippen LogP contribution in [0.1, 0.15) is 5.56 Å². The number of carbonyl (C=O) groups is 3. The van der Waals surface area contributed by atoms with Gasteiger partial charge in [-0.1, -0.05) is 17.7 Å². The summed E-state index contributed by atoms with van der Waals surface area (Å²) in [6, 6.07) is 16.6. The lowest BCUT2D eigenvalue weighted by Crippen LogP contribution is -2.32. The number of halogens is 2. The van der Waals surface area contributed by atoms with Crippen LogP contribution >= 0.6 is 34.2 Å². The number of nitrogens with zero attached hydrogens (tertiary/aromatic N) is 1. The minimum absolute atomic E-state index is 0.258. The summed E-state index contributed by atoms with van der Waals surface area (Å²) in [6.45, 7) is -0.258. The van der Waals surface area contributed by atoms with Crippen LogP contribution in [-0.4, -0.2) is 44.8 Å². The molecule has 3 amide bonds. The summed E-state index contributed by atoms with van der Waals surface area (Å²) in [5.74, 6) is -0.860. The summed E-state index contributed by atoms with van der Waals surface area (Å²) in [4.78, 5) is 36.4. The number of amides is 3. The predicted molar refractivity (Wildman–Crippen MR) is 149 cm³/mol. The van der Waals surface area contributed by atoms with E-state index in [4.69, 9.17) is 25.8 Å². The first-order valence-corrected chi connectivity index (χ1v) is 12.1. The van der Waals surface area contributed by atoms with Gasteiger partial charge in [0.05, 0.1) is 24.0 Å². The second kappa shape index (κ2) is 13.5. The van der Waals surface area contributed by atoms with Gasteiger partial charge >= 0.3 is 11.8 Å². The summed E-state index contributed by atoms with van der Waals surface area (Å²) in [5.41, 5.74) is 3.71. The summed E-state index contributed by atoms with van der Waals surface area (Å²) < 4.78 is 16.7. The van der Waals surface area contributed by atoms with E-state index >= 15 is 0 Å². The van der Waals surface area contributed by atoms with Crippen LogP contribution in [0, 0.1) is 3.57 Å². The molecule has 0 radical (unpaired) electrons. The zero-order chi connectivity index (χ0) is 26.8. The van der Waals surface area contributed by atoms with E-state index in [0.29, 0.717) is 42.8 Å². The van der Waals surface area contributed by atoms with Gasteiger partial charge in [0.25, 0.3) is 5.91 Å². The molecule has 3 N–H and O–H groups in total. The van der Waals surface area contributed by atoms with Gasteiger partial charge in [0.2, 0.25) is 0 Å². The van der Waals surface area contributed by atoms with Crippen LogP contribution in [0.2, 0.25) is 5.02 Å². The molecule has 10 nitrogen and oxygen atoms in total. The van der Waals surface area contributed by atoms with Crippen LogP contribution in [0.5, 0.6) is 17.2 Å². The topological polar surface area (TPSA) is 127 Å². The zero-order valence-electron chi connectivity index (χ0n) is 19.7. The quantitative estimate of drug-likeness (QED) is 0.141. The van der Waals surface area contributed by atoms with Gasteiger partial charge in [0, 0.05) is 16.4 Å². The number of carbonyl (C=O) groups excluding carboxylic acids is 3. The molecule has 3 aromatic carbocycles. The van der Waals surface area contributed by atoms with Gasteiger partial charge in [0.1, 0.15) is 5.75 Å². The average molecular weight is 637 g/mol. The van der Waals surface area contributed by atoms with E-state index in [2.05, 4.69) is 21.2 Å². The van der Waals surface area contributed by atoms with Crippen molar-refractivity contribution in [2.24, 2.45) is 5.10 Å². The van der Waals surface area contributed by atoms with Crippen LogP contribution in [0.4, 0.5) is 11.4 Å². The molecule has 0 spiro atoms. The van der Waals surface area contributed by atoms with E-state index < -0.39 is 11.8 Å². The monoisotopic (exact) mass is 636 g/mol. The third kappa shape index (κ3) is 8.36. The first-order chi connectivity index (χ1) is 17.8. The first kappa shape index (κ1) is 27.7. The Morgan fingerprint density at radius 1 is 0.946 bits per heavy atom. The van der Waals surface area contributed by atoms with Gasteiger partial charge in [-0.2, -0.15) is 5.10 Å². The molecule has 0 heterocycles. The SMILES string of the molecule is COc1ccc(NC(=O)C(=O)N/N=C\c2cc(I)c(OCC(=O)Nc3cccc(Cl)c3)c(OC)c2)cc1. The number of hydrogen-bond donors (Lipinski definition) is 3. The molecule has 0 atom stereocenters. The number of ether oxygens (including phenoxy) is 3. The Kier molecular flexibility index (Phi) is 10.1. The Labute approximate surface area is 231 Å². The van der Waals surface area contributed by atoms with Crippen molar-refractivity contribution in [3.63, 3.8) is 0 Å². The zero-order valence-corrected chi connectivity index (χ0v) is 22.6. The van der Waals surface area contributed by atoms with E-state index in [-0.39, 0.29) is 12.5 Å². The Hall–Kier alpha value is -3.84. The van der Waals surface area contributed by atoms with Crippen molar-refractivity contribution >= 4 is 69.5 Å². The normalized spacial score (nSPS) is 10.5. The molecule has 0 aliphatic rings. The molecule has 3 rings (SSSR count). The van der Waals surface area contributed by atoms with Gasteiger partial charge in [-0.15, -0.1) is 0 Å². The fraction of sp³-hybridized carbons (Fsp3) is 0.120. The highest BCUT2D eigenvalue weighted by Crippen LogP contribution is 2.33. The Bertz CT molecular complexity index is 1320. The number of benzene rings is 3. The van der Waals surface area contributed by atoms with Crippen molar-refractivity contribution in [2.75, 3.05) is 31.5 Å². The van der Waals surface area contributed by atoms with Crippen molar-refractivity contribution in [3.05, 3.63) is 74.8 Å². The molecule has 0 aromatic heterocycles. The molecule has 3 aromatic rings. The van der Waals surface area contributed by atoms with E-state index in [0.717, 1.165) is 0 Å². The second-order valence-corrected chi connectivity index (χ2v) is 8.86. The molecular formula is C25H22ClIN4O6. The Morgan fingerprint density at radius 3 is 2.38 bits per heavy atom. The van der Waals surface area contributed by atoms with E-state index in [1.807, 2.05) is 22.6 Å². The van der Waals surface area contributed by atoms with E-state index in [1.165, 1.54) is 20.4 Å². The maximum Gasteiger partial charge on any atom is 0.329 e. The number of anilines is 2. The van der Waals surface area contributed by atoms with Crippen molar-refractivity contribution in [1.82, 2.24) is 5.43 Å². The maximum atomic E-state index is 12.3. The second-order valence-electron chi connectivity index (χ2n) is 7.26. The van der Waals surface area contributed by atoms with Crippen LogP contribution in [0.15, 0.2) is 65.8 Å². The van der Waals surface area contributed by atoms with Crippen molar-refractivity contribution in [3.8, 4) is 17.2 Å². The van der Waals surface area contributed by atoms with Crippen LogP contribution in [-0.2, 0) is 14.4 Å². The lowest BCUT2D eigenvalue weighted by atomic mass is 10.2. The van der Waals surface area contributed by atoms with E-state index in [1.54, 1.807) is 60.7 Å². The number of hydrazone groups is 1. The molecule has 0 fully saturated rings. The Balaban J connectivity index is 1.56. The van der Waals surface area contributed by atoms with Crippen molar-refractivity contribution < 1.29 is 28.6 Å². The van der Waals surface area contributed by atoms with Crippen molar-refractivity contribution in [1.29, 1.82) is 0 Å². The van der Waals surface area contributed by atoms with Gasteiger partial charge in [-0.3, -0.25) is 14.4 Å². The molecule has 0 saturated carbocycles. The van der Waals surface area contributed by atoms with E-state index in [9.17, 15) is 14.4 Å². The summed E-state index contributed by atoms with van der Waals surface area (Å²) in [6.07, 6.45) is 1.35. The van der Waals surface area contributed by atoms with Crippen LogP contribution in [0.3, 0.4) is 0 Å². The lowest BCUT2D eigenvalue weighted by Gasteiger charge is -2.13. The molecule has 0 unspecified atom stereocenters. The lowest BCUT2D eigenvalue weighted by molar-refractivity contribution is -0.136. The molecule has 37 heavy (non-hydrogen) atoms. The number of hydrogen-bond acceptors (Lipinski definition) is 7. The molecular weight excluding hydrogens is 615 g/mol. The number of methoxy groups -OCH3 is 2. The highest BCUT2D eigenvalue weighted by atomic mass is 127. The molecule has 0 bridgehead atoms. The molecule has 192 valence electrons. The van der Waals surface area contributed by atoms with Crippen LogP contribution in [0.25, 0.3) is 0 Å². The molecule has 0 aliphatic heterocycles. The predicted octanol–water partition coefficient (Wildman–Crippen LogP) is 4.07. The third-order valence-electron chi connectivity index (χ3n) is 4.64. The summed E-state index contributed by atoms with van der Waals surface area (Å²) in [7, 11) is 2.98. The summed E-state index contributed by atoms with van der Waals surface area (Å²) >= 11 is 7.96. The fourth-order valence-electron chi connectivity index (χ4n) is 2.93. The Morgan fingerprint density at radius 2 is 1.70 bits per heavy atom. The van der Waals surface area contributed by atoms with Crippen LogP contribution < -0.4 is 30.3 Å². The van der Waals surface area contributed by atoms with Gasteiger partial charge < -0.3 is 24.8 Å². The van der Waals surface area contributed by atoms with Crippen molar-refractivity contribution in [2.45, 2.75) is 0 Å². The molecule has 0 aliphatic carbocycles. The van der Waals surface area contributed by atoms with Gasteiger partial charge in [-0.25, -0.2) is 5.43 Å². The van der Waals surface area contributed by atoms with Gasteiger partial charge in [-0.05, 0) is 82.8 Å². The first-order valence-electron chi connectivity index (χ1n) is 10.6. The smallest absolute Gasteiger partial charge is 0.329 e. The highest BCUT2D eigenvalue weighted by Gasteiger charge is 2.15. The largest absolute Gasteiger partial charge is 0.497 e. The van der Waals surface area contributed by atoms with Gasteiger partial charge in [0.15, 0.2) is 18.1 Å². The molecule has 12 heteroatoms. The third-order valence-corrected chi connectivity index (χ3v) is 5.68.